The van der Waals surface area contributed by atoms with E-state index in [1.165, 1.54) is 21.1 Å². The minimum absolute atomic E-state index is 0.0318. The summed E-state index contributed by atoms with van der Waals surface area (Å²) < 4.78 is 85.9. The van der Waals surface area contributed by atoms with Gasteiger partial charge in [-0.3, -0.25) is 14.4 Å². The molecule has 41 heavy (non-hydrogen) atoms. The van der Waals surface area contributed by atoms with Gasteiger partial charge < -0.3 is 15.7 Å². The number of hydrogen-bond acceptors (Lipinski definition) is 13. The summed E-state index contributed by atoms with van der Waals surface area (Å²) >= 11 is 3.11. The molecule has 0 spiro atoms. The molecule has 23 heteroatoms. The number of aliphatic carboxylic acids is 1. The van der Waals surface area contributed by atoms with E-state index in [-0.39, 0.29) is 18.2 Å². The fourth-order valence-electron chi connectivity index (χ4n) is 1.56. The van der Waals surface area contributed by atoms with Crippen LogP contribution in [-0.4, -0.2) is 133 Å². The molecule has 0 saturated heterocycles. The second-order valence-corrected chi connectivity index (χ2v) is 15.6. The molecule has 0 bridgehead atoms. The molecule has 0 aliphatic heterocycles. The molecule has 18 nitrogen and oxygen atoms in total. The number of halogens is 1. The number of sulfonamides is 4. The van der Waals surface area contributed by atoms with E-state index in [9.17, 15) is 48.1 Å². The predicted octanol–water partition coefficient (Wildman–Crippen LogP) is -3.65. The molecule has 0 fully saturated rings. The number of primary sulfonamides is 1. The van der Waals surface area contributed by atoms with Crippen molar-refractivity contribution in [1.29, 1.82) is 0 Å². The van der Waals surface area contributed by atoms with Gasteiger partial charge in [-0.2, -0.15) is 0 Å². The van der Waals surface area contributed by atoms with Gasteiger partial charge in [-0.25, -0.2) is 53.0 Å². The number of hydrogen-bond donors (Lipinski definition) is 7. The Morgan fingerprint density at radius 1 is 0.732 bits per heavy atom. The maximum atomic E-state index is 11.3. The van der Waals surface area contributed by atoms with Crippen molar-refractivity contribution in [2.24, 2.45) is 5.14 Å². The van der Waals surface area contributed by atoms with Gasteiger partial charge in [0.2, 0.25) is 40.1 Å². The highest BCUT2D eigenvalue weighted by Gasteiger charge is 2.20. The van der Waals surface area contributed by atoms with Crippen molar-refractivity contribution < 1.29 is 53.2 Å². The van der Waals surface area contributed by atoms with Crippen molar-refractivity contribution in [3.63, 3.8) is 0 Å². The lowest BCUT2D eigenvalue weighted by Crippen LogP contribution is -2.42. The number of nitrogens with two attached hydrogens (primary N) is 1. The van der Waals surface area contributed by atoms with Crippen LogP contribution in [0.1, 0.15) is 19.8 Å². The molecule has 250 valence electrons. The predicted molar refractivity (Wildman–Crippen MR) is 162 cm³/mol. The minimum Gasteiger partial charge on any atom is -0.481 e. The molecule has 0 aromatic heterocycles. The average molecular weight is 746 g/mol. The van der Waals surface area contributed by atoms with Crippen molar-refractivity contribution in [3.8, 4) is 0 Å². The topological polar surface area (TPSA) is 294 Å². The third-order valence-electron chi connectivity index (χ3n) is 3.64. The zero-order chi connectivity index (χ0) is 34.3. The number of alkyl halides is 1. The second-order valence-electron chi connectivity index (χ2n) is 7.63. The summed E-state index contributed by atoms with van der Waals surface area (Å²) in [7, 11) is -6.45. The van der Waals surface area contributed by atoms with Crippen molar-refractivity contribution >= 4 is 73.6 Å². The standard InChI is InChI=1S/C7H14N2O5S.C6H12BrNO.2C2H7NO2S.CH5NO2S/c1-8-5(3-7(11)12)6(10)4-9-15(2,13)14;1-3-5(8-2)6(9)4-7;2*1-3-6(2,4)5;1-5(2,3)4/h5,8-9H,3-4H2,1-2H3,(H,11,12);5,8H,3-4H2,1-2H3;2*3H,1-2H3;1H3,(H2,2,3,4). The molecule has 8 N–H and O–H groups in total. The molecule has 2 unspecified atom stereocenters. The summed E-state index contributed by atoms with van der Waals surface area (Å²) in [4.78, 5) is 32.5. The van der Waals surface area contributed by atoms with Crippen molar-refractivity contribution in [2.75, 3.05) is 65.1 Å². The highest BCUT2D eigenvalue weighted by molar-refractivity contribution is 9.09. The van der Waals surface area contributed by atoms with E-state index in [0.29, 0.717) is 5.33 Å². The van der Waals surface area contributed by atoms with Crippen LogP contribution in [0.3, 0.4) is 0 Å². The molecule has 0 heterocycles. The first-order chi connectivity index (χ1) is 18.1. The van der Waals surface area contributed by atoms with Crippen LogP contribution in [0, 0.1) is 0 Å². The van der Waals surface area contributed by atoms with Gasteiger partial charge in [0, 0.05) is 0 Å². The number of ketones is 2. The fraction of sp³-hybridized carbons (Fsp3) is 0.833. The first-order valence-corrected chi connectivity index (χ1v) is 19.8. The summed E-state index contributed by atoms with van der Waals surface area (Å²) in [5.41, 5.74) is 0. The molecule has 0 rings (SSSR count). The summed E-state index contributed by atoms with van der Waals surface area (Å²) in [6.45, 7) is 1.58. The van der Waals surface area contributed by atoms with Gasteiger partial charge >= 0.3 is 5.97 Å². The molecule has 2 atom stereocenters. The zero-order valence-electron chi connectivity index (χ0n) is 24.5. The summed E-state index contributed by atoms with van der Waals surface area (Å²) in [5.74, 6) is -1.41. The molecule has 0 aliphatic carbocycles. The lowest BCUT2D eigenvalue weighted by Gasteiger charge is -2.12. The van der Waals surface area contributed by atoms with E-state index in [1.807, 2.05) is 11.6 Å². The number of Topliss-reactive ketones (excluding diaryl/α,β-unsaturated/α-hetero) is 2. The monoisotopic (exact) mass is 744 g/mol. The van der Waals surface area contributed by atoms with Crippen LogP contribution in [0.25, 0.3) is 0 Å². The van der Waals surface area contributed by atoms with Gasteiger partial charge in [0.25, 0.3) is 0 Å². The Hall–Kier alpha value is -1.15. The average Bonchev–Trinajstić information content (AvgIpc) is 2.80. The molecule has 0 aromatic carbocycles. The van der Waals surface area contributed by atoms with E-state index in [2.05, 4.69) is 41.1 Å². The van der Waals surface area contributed by atoms with Gasteiger partial charge in [-0.05, 0) is 34.6 Å². The maximum Gasteiger partial charge on any atom is 0.305 e. The van der Waals surface area contributed by atoms with E-state index in [4.69, 9.17) is 5.11 Å². The Balaban J connectivity index is -0.000000142. The largest absolute Gasteiger partial charge is 0.481 e. The third-order valence-corrected chi connectivity index (χ3v) is 6.35. The van der Waals surface area contributed by atoms with Gasteiger partial charge in [0.15, 0.2) is 11.6 Å². The van der Waals surface area contributed by atoms with Crippen LogP contribution in [-0.2, 0) is 54.5 Å². The van der Waals surface area contributed by atoms with Gasteiger partial charge in [-0.1, -0.05) is 22.9 Å². The Bertz CT molecular complexity index is 1130. The number of rotatable bonds is 13. The zero-order valence-corrected chi connectivity index (χ0v) is 29.4. The fourth-order valence-corrected chi connectivity index (χ4v) is 2.36. The SMILES string of the molecule is CCC(NC)C(=O)CBr.CNC(CC(=O)O)C(=O)CNS(C)(=O)=O.CNS(C)(=O)=O.CNS(C)(=O)=O.CS(N)(=O)=O. The van der Waals surface area contributed by atoms with Crippen LogP contribution in [0.15, 0.2) is 0 Å². The lowest BCUT2D eigenvalue weighted by molar-refractivity contribution is -0.139. The first kappa shape index (κ1) is 49.5. The minimum atomic E-state index is -3.44. The highest BCUT2D eigenvalue weighted by Crippen LogP contribution is 1.95. The molecule has 0 aromatic rings. The van der Waals surface area contributed by atoms with Crippen LogP contribution in [0.5, 0.6) is 0 Å². The van der Waals surface area contributed by atoms with Gasteiger partial charge in [0.05, 0.1) is 55.4 Å². The van der Waals surface area contributed by atoms with E-state index in [1.54, 1.807) is 7.05 Å². The summed E-state index contributed by atoms with van der Waals surface area (Å²) in [6.07, 6.45) is 4.56. The Kier molecular flexibility index (Phi) is 30.6. The quantitative estimate of drug-likeness (QED) is 0.0896. The summed E-state index contributed by atoms with van der Waals surface area (Å²) in [6, 6.07) is -0.846. The number of likely N-dealkylation sites (N-methyl/N-ethyl adjacent to an activating group) is 2. The van der Waals surface area contributed by atoms with Gasteiger partial charge in [0.1, 0.15) is 0 Å². The molecular formula is C18H45BrN6O12S4. The second kappa shape index (κ2) is 25.4. The van der Waals surface area contributed by atoms with Crippen molar-refractivity contribution in [1.82, 2.24) is 24.8 Å². The van der Waals surface area contributed by atoms with Gasteiger partial charge in [-0.15, -0.1) is 0 Å². The number of carbonyl (C=O) groups is 3. The van der Waals surface area contributed by atoms with Crippen molar-refractivity contribution in [2.45, 2.75) is 31.8 Å². The number of nitrogens with one attached hydrogen (secondary N) is 5. The normalized spacial score (nSPS) is 12.7. The Morgan fingerprint density at radius 3 is 1.20 bits per heavy atom. The number of carboxylic acids is 1. The number of carboxylic acid groups (broad SMARTS) is 1. The highest BCUT2D eigenvalue weighted by atomic mass is 79.9. The van der Waals surface area contributed by atoms with Crippen LogP contribution in [0.2, 0.25) is 0 Å². The third kappa shape index (κ3) is 55.4. The first-order valence-electron chi connectivity index (χ1n) is 11.0. The Labute approximate surface area is 252 Å². The van der Waals surface area contributed by atoms with E-state index >= 15 is 0 Å². The van der Waals surface area contributed by atoms with Crippen LogP contribution >= 0.6 is 15.9 Å². The Morgan fingerprint density at radius 2 is 1.05 bits per heavy atom. The molecular weight excluding hydrogens is 700 g/mol. The maximum absolute atomic E-state index is 11.3. The molecule has 0 aliphatic rings. The molecule has 0 radical (unpaired) electrons. The summed E-state index contributed by atoms with van der Waals surface area (Å²) in [5, 5.41) is 18.7. The molecule has 0 saturated carbocycles. The van der Waals surface area contributed by atoms with Crippen molar-refractivity contribution in [3.05, 3.63) is 0 Å². The van der Waals surface area contributed by atoms with Crippen LogP contribution < -0.4 is 29.9 Å². The smallest absolute Gasteiger partial charge is 0.305 e. The number of carbonyl (C=O) groups excluding carboxylic acids is 2. The molecule has 0 amide bonds. The lowest BCUT2D eigenvalue weighted by atomic mass is 10.1. The van der Waals surface area contributed by atoms with E-state index < -0.39 is 64.4 Å². The van der Waals surface area contributed by atoms with E-state index in [0.717, 1.165) is 31.4 Å². The van der Waals surface area contributed by atoms with Crippen LogP contribution in [0.4, 0.5) is 0 Å².